The van der Waals surface area contributed by atoms with Crippen molar-refractivity contribution in [3.05, 3.63) is 56.6 Å². The highest BCUT2D eigenvalue weighted by Gasteiger charge is 2.30. The molecule has 35 heavy (non-hydrogen) atoms. The molecule has 0 saturated carbocycles. The van der Waals surface area contributed by atoms with Crippen molar-refractivity contribution in [3.63, 3.8) is 0 Å². The van der Waals surface area contributed by atoms with Crippen LogP contribution in [0.2, 0.25) is 0 Å². The topological polar surface area (TPSA) is 98.2 Å². The van der Waals surface area contributed by atoms with Gasteiger partial charge < -0.3 is 5.32 Å². The number of aryl methyl sites for hydroxylation is 1. The molecule has 2 unspecified atom stereocenters. The molecule has 0 bridgehead atoms. The molecule has 0 saturated heterocycles. The normalized spacial score (nSPS) is 17.2. The Labute approximate surface area is 219 Å². The number of hydrogen-bond donors (Lipinski definition) is 1. The Hall–Kier alpha value is -1.88. The van der Waals surface area contributed by atoms with E-state index in [9.17, 15) is 13.2 Å². The zero-order valence-corrected chi connectivity index (χ0v) is 23.5. The Kier molecular flexibility index (Phi) is 7.66. The first kappa shape index (κ1) is 26.2. The molecule has 1 aliphatic rings. The number of fused-ring (bicyclic) bond motifs is 2. The minimum absolute atomic E-state index is 0.0388. The predicted octanol–water partition coefficient (Wildman–Crippen LogP) is 5.44. The molecule has 2 aromatic heterocycles. The maximum atomic E-state index is 13.2. The summed E-state index contributed by atoms with van der Waals surface area (Å²) in [6.07, 6.45) is 4.35. The van der Waals surface area contributed by atoms with Crippen molar-refractivity contribution in [1.29, 1.82) is 0 Å². The first-order chi connectivity index (χ1) is 16.4. The lowest BCUT2D eigenvalue weighted by Gasteiger charge is -2.34. The average Bonchev–Trinajstić information content (AvgIpc) is 3.18. The Morgan fingerprint density at radius 1 is 1.26 bits per heavy atom. The molecule has 1 amide bonds. The lowest BCUT2D eigenvalue weighted by atomic mass is 9.71. The molecule has 0 spiro atoms. The maximum absolute atomic E-state index is 13.2. The second-order valence-electron chi connectivity index (χ2n) is 10.1. The summed E-state index contributed by atoms with van der Waals surface area (Å²) in [6.45, 7) is 6.80. The summed E-state index contributed by atoms with van der Waals surface area (Å²) in [5.41, 5.74) is 4.17. The van der Waals surface area contributed by atoms with Gasteiger partial charge in [0.15, 0.2) is 5.01 Å². The van der Waals surface area contributed by atoms with Gasteiger partial charge in [0, 0.05) is 10.2 Å². The highest BCUT2D eigenvalue weighted by Crippen LogP contribution is 2.38. The molecule has 0 aliphatic heterocycles. The van der Waals surface area contributed by atoms with Gasteiger partial charge in [-0.15, -0.1) is 0 Å². The van der Waals surface area contributed by atoms with Gasteiger partial charge in [0.2, 0.25) is 0 Å². The number of rotatable bonds is 7. The second kappa shape index (κ2) is 10.2. The number of carbonyl (C=O) groups excluding carboxylic acids is 1. The van der Waals surface area contributed by atoms with E-state index >= 15 is 0 Å². The maximum Gasteiger partial charge on any atom is 0.280 e. The van der Waals surface area contributed by atoms with E-state index in [-0.39, 0.29) is 17.9 Å². The van der Waals surface area contributed by atoms with Crippen LogP contribution in [0.15, 0.2) is 34.8 Å². The molecule has 2 heterocycles. The summed E-state index contributed by atoms with van der Waals surface area (Å²) in [5, 5.41) is 3.34. The van der Waals surface area contributed by atoms with Gasteiger partial charge in [-0.1, -0.05) is 60.2 Å². The van der Waals surface area contributed by atoms with E-state index in [1.807, 2.05) is 24.3 Å². The number of aromatic nitrogens is 2. The quantitative estimate of drug-likeness (QED) is 0.374. The number of amides is 1. The largest absolute Gasteiger partial charge is 0.343 e. The summed E-state index contributed by atoms with van der Waals surface area (Å²) in [7, 11) is -3.57. The first-order valence-corrected chi connectivity index (χ1v) is 15.0. The van der Waals surface area contributed by atoms with Crippen LogP contribution in [0, 0.1) is 11.3 Å². The van der Waals surface area contributed by atoms with Gasteiger partial charge in [-0.2, -0.15) is 8.42 Å². The number of thiazole rings is 1. The molecule has 7 nitrogen and oxygen atoms in total. The molecule has 1 aromatic carbocycles. The van der Waals surface area contributed by atoms with E-state index < -0.39 is 16.2 Å². The van der Waals surface area contributed by atoms with Crippen LogP contribution in [0.4, 0.5) is 0 Å². The van der Waals surface area contributed by atoms with Crippen molar-refractivity contribution in [2.45, 2.75) is 52.5 Å². The van der Waals surface area contributed by atoms with Crippen molar-refractivity contribution >= 4 is 53.6 Å². The number of hydrogen-bond acceptors (Lipinski definition) is 7. The van der Waals surface area contributed by atoms with Crippen LogP contribution >= 0.6 is 27.3 Å². The molecule has 0 fully saturated rings. The number of nitrogens with zero attached hydrogens (tertiary/aromatic N) is 2. The van der Waals surface area contributed by atoms with Gasteiger partial charge in [0.1, 0.15) is 10.3 Å². The smallest absolute Gasteiger partial charge is 0.280 e. The fraction of sp³-hybridized carbons (Fsp3) is 0.480. The van der Waals surface area contributed by atoms with Gasteiger partial charge in [0.25, 0.3) is 16.0 Å². The van der Waals surface area contributed by atoms with Gasteiger partial charge in [0.05, 0.1) is 18.9 Å². The lowest BCUT2D eigenvalue weighted by molar-refractivity contribution is 0.0931. The lowest BCUT2D eigenvalue weighted by Crippen LogP contribution is -2.29. The number of pyridine rings is 1. The third kappa shape index (κ3) is 6.67. The molecule has 4 rings (SSSR count). The molecule has 0 radical (unpaired) electrons. The first-order valence-electron chi connectivity index (χ1n) is 11.6. The summed E-state index contributed by atoms with van der Waals surface area (Å²) in [4.78, 5) is 23.4. The van der Waals surface area contributed by atoms with E-state index in [0.29, 0.717) is 17.3 Å². The number of carbonyl (C=O) groups is 1. The second-order valence-corrected chi connectivity index (χ2v) is 13.7. The van der Waals surface area contributed by atoms with Crippen molar-refractivity contribution in [3.8, 4) is 0 Å². The van der Waals surface area contributed by atoms with Crippen LogP contribution < -0.4 is 5.32 Å². The number of halogens is 1. The van der Waals surface area contributed by atoms with Crippen LogP contribution in [0.5, 0.6) is 0 Å². The van der Waals surface area contributed by atoms with Crippen molar-refractivity contribution in [1.82, 2.24) is 15.3 Å². The van der Waals surface area contributed by atoms with Crippen LogP contribution in [0.25, 0.3) is 10.3 Å². The Morgan fingerprint density at radius 2 is 1.97 bits per heavy atom. The standard InChI is InChI=1S/C25H30BrN3O4S2/c1-25(2,3)17-7-10-19-16(13-17)14-21-23(28-19)34-24(29-21)22(30)27-20(11-12-33-35(4,31)32)15-5-8-18(26)9-6-15/h5-6,8-9,14,17,20H,7,10-13H2,1-4H3,(H,27,30). The van der Waals surface area contributed by atoms with Crippen molar-refractivity contribution < 1.29 is 17.4 Å². The van der Waals surface area contributed by atoms with Gasteiger partial charge in [-0.25, -0.2) is 9.97 Å². The average molecular weight is 581 g/mol. The molecule has 1 aliphatic carbocycles. The van der Waals surface area contributed by atoms with E-state index in [1.165, 1.54) is 16.9 Å². The van der Waals surface area contributed by atoms with Crippen molar-refractivity contribution in [2.24, 2.45) is 11.3 Å². The number of benzene rings is 1. The third-order valence-corrected chi connectivity index (χ3v) is 8.54. The van der Waals surface area contributed by atoms with Gasteiger partial charge in [-0.3, -0.25) is 8.98 Å². The molecular formula is C25H30BrN3O4S2. The Morgan fingerprint density at radius 3 is 2.63 bits per heavy atom. The monoisotopic (exact) mass is 579 g/mol. The van der Waals surface area contributed by atoms with Gasteiger partial charge >= 0.3 is 0 Å². The Balaban J connectivity index is 1.54. The zero-order chi connectivity index (χ0) is 25.4. The highest BCUT2D eigenvalue weighted by molar-refractivity contribution is 9.10. The molecule has 3 aromatic rings. The number of nitrogens with one attached hydrogen (secondary N) is 1. The molecule has 188 valence electrons. The van der Waals surface area contributed by atoms with Crippen LogP contribution in [0.1, 0.15) is 66.3 Å². The minimum atomic E-state index is -3.57. The zero-order valence-electron chi connectivity index (χ0n) is 20.3. The van der Waals surface area contributed by atoms with E-state index in [4.69, 9.17) is 9.17 Å². The van der Waals surface area contributed by atoms with E-state index in [1.54, 1.807) is 0 Å². The van der Waals surface area contributed by atoms with E-state index in [2.05, 4.69) is 53.1 Å². The van der Waals surface area contributed by atoms with Crippen LogP contribution in [0.3, 0.4) is 0 Å². The summed E-state index contributed by atoms with van der Waals surface area (Å²) < 4.78 is 28.6. The third-order valence-electron chi connectivity index (χ3n) is 6.45. The molecular weight excluding hydrogens is 550 g/mol. The SMILES string of the molecule is CC(C)(C)C1CCc2nc3sc(C(=O)NC(CCOS(C)(=O)=O)c4ccc(Br)cc4)nc3cc2C1. The van der Waals surface area contributed by atoms with Crippen LogP contribution in [-0.2, 0) is 27.1 Å². The van der Waals surface area contributed by atoms with E-state index in [0.717, 1.165) is 51.6 Å². The predicted molar refractivity (Wildman–Crippen MR) is 142 cm³/mol. The molecule has 10 heteroatoms. The minimum Gasteiger partial charge on any atom is -0.343 e. The summed E-state index contributed by atoms with van der Waals surface area (Å²) in [6, 6.07) is 9.18. The fourth-order valence-electron chi connectivity index (χ4n) is 4.40. The molecule has 2 atom stereocenters. The summed E-state index contributed by atoms with van der Waals surface area (Å²) in [5.74, 6) is 0.280. The van der Waals surface area contributed by atoms with Crippen molar-refractivity contribution in [2.75, 3.05) is 12.9 Å². The van der Waals surface area contributed by atoms with Gasteiger partial charge in [-0.05, 0) is 66.3 Å². The fourth-order valence-corrected chi connectivity index (χ4v) is 5.91. The molecule has 1 N–H and O–H groups in total. The Bertz CT molecular complexity index is 1330. The van der Waals surface area contributed by atoms with Crippen LogP contribution in [-0.4, -0.2) is 37.2 Å². The summed E-state index contributed by atoms with van der Waals surface area (Å²) >= 11 is 4.70. The highest BCUT2D eigenvalue weighted by atomic mass is 79.9.